The Kier molecular flexibility index (Phi) is 4.70. The molecular formula is C10H17N3O2S. The molecule has 5 nitrogen and oxygen atoms in total. The van der Waals surface area contributed by atoms with Crippen LogP contribution >= 0.6 is 11.3 Å². The van der Waals surface area contributed by atoms with Gasteiger partial charge in [-0.25, -0.2) is 4.98 Å². The van der Waals surface area contributed by atoms with E-state index in [1.165, 1.54) is 7.11 Å². The van der Waals surface area contributed by atoms with Gasteiger partial charge in [0, 0.05) is 37.6 Å². The maximum absolute atomic E-state index is 11.0. The number of ether oxygens (including phenoxy) is 1. The average Bonchev–Trinajstić information content (AvgIpc) is 2.74. The summed E-state index contributed by atoms with van der Waals surface area (Å²) in [5.74, 6) is -0.229. The zero-order valence-electron chi connectivity index (χ0n) is 9.77. The summed E-state index contributed by atoms with van der Waals surface area (Å²) in [6.45, 7) is 0. The van der Waals surface area contributed by atoms with E-state index in [2.05, 4.69) is 9.72 Å². The van der Waals surface area contributed by atoms with Gasteiger partial charge in [0.1, 0.15) is 0 Å². The van der Waals surface area contributed by atoms with Crippen LogP contribution in [0.5, 0.6) is 0 Å². The second kappa shape index (κ2) is 5.81. The van der Waals surface area contributed by atoms with Crippen molar-refractivity contribution >= 4 is 22.4 Å². The van der Waals surface area contributed by atoms with Gasteiger partial charge in [-0.15, -0.1) is 11.3 Å². The molecule has 0 aliphatic carbocycles. The number of thiazole rings is 1. The summed E-state index contributed by atoms with van der Waals surface area (Å²) in [5, 5.41) is 0.920. The topological polar surface area (TPSA) is 68.5 Å². The molecule has 1 atom stereocenters. The van der Waals surface area contributed by atoms with Gasteiger partial charge in [-0.3, -0.25) is 4.79 Å². The standard InChI is InChI=1S/C10H17N3O2S/c1-13(2)10-12-6-8(16-10)7(11)4-5-9(14)15-3/h6-7H,4-5,11H2,1-3H3. The number of rotatable bonds is 5. The van der Waals surface area contributed by atoms with Crippen LogP contribution in [-0.4, -0.2) is 32.2 Å². The Labute approximate surface area is 99.2 Å². The average molecular weight is 243 g/mol. The fourth-order valence-electron chi connectivity index (χ4n) is 1.17. The lowest BCUT2D eigenvalue weighted by molar-refractivity contribution is -0.140. The van der Waals surface area contributed by atoms with Crippen LogP contribution in [0.3, 0.4) is 0 Å². The predicted octanol–water partition coefficient (Wildman–Crippen LogP) is 1.16. The van der Waals surface area contributed by atoms with Crippen LogP contribution in [0.4, 0.5) is 5.13 Å². The lowest BCUT2D eigenvalue weighted by Gasteiger charge is -2.08. The maximum Gasteiger partial charge on any atom is 0.305 e. The Morgan fingerprint density at radius 2 is 2.38 bits per heavy atom. The van der Waals surface area contributed by atoms with Crippen molar-refractivity contribution in [3.63, 3.8) is 0 Å². The molecule has 0 saturated heterocycles. The molecule has 1 rings (SSSR count). The van der Waals surface area contributed by atoms with E-state index in [-0.39, 0.29) is 12.0 Å². The molecule has 6 heteroatoms. The van der Waals surface area contributed by atoms with E-state index in [0.29, 0.717) is 12.8 Å². The normalized spacial score (nSPS) is 12.2. The second-order valence-corrected chi connectivity index (χ2v) is 4.70. The third-order valence-electron chi connectivity index (χ3n) is 2.15. The van der Waals surface area contributed by atoms with E-state index in [9.17, 15) is 4.79 Å². The quantitative estimate of drug-likeness (QED) is 0.786. The van der Waals surface area contributed by atoms with Gasteiger partial charge >= 0.3 is 5.97 Å². The van der Waals surface area contributed by atoms with Crippen molar-refractivity contribution in [2.24, 2.45) is 5.73 Å². The highest BCUT2D eigenvalue weighted by Crippen LogP contribution is 2.26. The molecule has 2 N–H and O–H groups in total. The number of hydrogen-bond acceptors (Lipinski definition) is 6. The first-order chi connectivity index (χ1) is 7.54. The number of methoxy groups -OCH3 is 1. The van der Waals surface area contributed by atoms with Crippen molar-refractivity contribution in [3.05, 3.63) is 11.1 Å². The van der Waals surface area contributed by atoms with Crippen molar-refractivity contribution in [2.75, 3.05) is 26.1 Å². The minimum Gasteiger partial charge on any atom is -0.469 e. The summed E-state index contributed by atoms with van der Waals surface area (Å²) >= 11 is 1.55. The van der Waals surface area contributed by atoms with Crippen LogP contribution in [0.2, 0.25) is 0 Å². The van der Waals surface area contributed by atoms with Gasteiger partial charge in [-0.05, 0) is 6.42 Å². The number of carbonyl (C=O) groups is 1. The first-order valence-corrected chi connectivity index (χ1v) is 5.81. The van der Waals surface area contributed by atoms with Crippen molar-refractivity contribution in [1.29, 1.82) is 0 Å². The first kappa shape index (κ1) is 12.9. The van der Waals surface area contributed by atoms with E-state index >= 15 is 0 Å². The second-order valence-electron chi connectivity index (χ2n) is 3.66. The molecule has 0 amide bonds. The molecule has 0 aliphatic heterocycles. The molecule has 0 spiro atoms. The SMILES string of the molecule is COC(=O)CCC(N)c1cnc(N(C)C)s1. The zero-order valence-corrected chi connectivity index (χ0v) is 10.6. The molecule has 16 heavy (non-hydrogen) atoms. The highest BCUT2D eigenvalue weighted by Gasteiger charge is 2.13. The molecule has 0 saturated carbocycles. The number of esters is 1. The minimum absolute atomic E-state index is 0.148. The van der Waals surface area contributed by atoms with Crippen LogP contribution in [0.15, 0.2) is 6.20 Å². The maximum atomic E-state index is 11.0. The Balaban J connectivity index is 2.52. The molecule has 0 radical (unpaired) electrons. The Bertz CT molecular complexity index is 352. The molecule has 90 valence electrons. The van der Waals surface area contributed by atoms with Gasteiger partial charge < -0.3 is 15.4 Å². The molecule has 1 aromatic heterocycles. The number of nitrogens with zero attached hydrogens (tertiary/aromatic N) is 2. The fraction of sp³-hybridized carbons (Fsp3) is 0.600. The molecular weight excluding hydrogens is 226 g/mol. The number of anilines is 1. The molecule has 1 heterocycles. The third kappa shape index (κ3) is 3.46. The van der Waals surface area contributed by atoms with Crippen molar-refractivity contribution in [2.45, 2.75) is 18.9 Å². The third-order valence-corrected chi connectivity index (χ3v) is 3.44. The van der Waals surface area contributed by atoms with E-state index in [1.54, 1.807) is 17.5 Å². The summed E-state index contributed by atoms with van der Waals surface area (Å²) < 4.78 is 4.56. The monoisotopic (exact) mass is 243 g/mol. The Hall–Kier alpha value is -1.14. The lowest BCUT2D eigenvalue weighted by Crippen LogP contribution is -2.11. The molecule has 0 aromatic carbocycles. The smallest absolute Gasteiger partial charge is 0.305 e. The van der Waals surface area contributed by atoms with Gasteiger partial charge in [0.2, 0.25) is 0 Å². The number of carbonyl (C=O) groups excluding carboxylic acids is 1. The molecule has 0 aliphatic rings. The van der Waals surface area contributed by atoms with Crippen molar-refractivity contribution < 1.29 is 9.53 Å². The predicted molar refractivity (Wildman–Crippen MR) is 64.6 cm³/mol. The van der Waals surface area contributed by atoms with Crippen LogP contribution in [0, 0.1) is 0 Å². The van der Waals surface area contributed by atoms with Crippen LogP contribution in [0.25, 0.3) is 0 Å². The lowest BCUT2D eigenvalue weighted by atomic mass is 10.1. The molecule has 1 aromatic rings. The molecule has 0 fully saturated rings. The largest absolute Gasteiger partial charge is 0.469 e. The van der Waals surface area contributed by atoms with Crippen LogP contribution in [-0.2, 0) is 9.53 Å². The van der Waals surface area contributed by atoms with E-state index in [4.69, 9.17) is 5.73 Å². The number of nitrogens with two attached hydrogens (primary N) is 1. The summed E-state index contributed by atoms with van der Waals surface area (Å²) in [4.78, 5) is 18.1. The van der Waals surface area contributed by atoms with Gasteiger partial charge in [0.15, 0.2) is 5.13 Å². The Morgan fingerprint density at radius 3 is 2.88 bits per heavy atom. The van der Waals surface area contributed by atoms with Gasteiger partial charge in [0.25, 0.3) is 0 Å². The van der Waals surface area contributed by atoms with Gasteiger partial charge in [-0.1, -0.05) is 0 Å². The number of aromatic nitrogens is 1. The highest BCUT2D eigenvalue weighted by atomic mass is 32.1. The van der Waals surface area contributed by atoms with E-state index in [0.717, 1.165) is 10.0 Å². The zero-order chi connectivity index (χ0) is 12.1. The fourth-order valence-corrected chi connectivity index (χ4v) is 2.05. The molecule has 0 bridgehead atoms. The first-order valence-electron chi connectivity index (χ1n) is 5.00. The van der Waals surface area contributed by atoms with Crippen molar-refractivity contribution in [1.82, 2.24) is 4.98 Å². The molecule has 1 unspecified atom stereocenters. The summed E-state index contributed by atoms with van der Waals surface area (Å²) in [6, 6.07) is -0.148. The Morgan fingerprint density at radius 1 is 1.69 bits per heavy atom. The van der Waals surface area contributed by atoms with Gasteiger partial charge in [0.05, 0.1) is 7.11 Å². The highest BCUT2D eigenvalue weighted by molar-refractivity contribution is 7.15. The summed E-state index contributed by atoms with van der Waals surface area (Å²) in [6.07, 6.45) is 2.69. The summed E-state index contributed by atoms with van der Waals surface area (Å²) in [5.41, 5.74) is 5.96. The van der Waals surface area contributed by atoms with Gasteiger partial charge in [-0.2, -0.15) is 0 Å². The van der Waals surface area contributed by atoms with Crippen molar-refractivity contribution in [3.8, 4) is 0 Å². The van der Waals surface area contributed by atoms with Crippen LogP contribution < -0.4 is 10.6 Å². The number of hydrogen-bond donors (Lipinski definition) is 1. The minimum atomic E-state index is -0.229. The van der Waals surface area contributed by atoms with E-state index in [1.807, 2.05) is 19.0 Å². The van der Waals surface area contributed by atoms with E-state index < -0.39 is 0 Å². The van der Waals surface area contributed by atoms with Crippen LogP contribution in [0.1, 0.15) is 23.8 Å². The summed E-state index contributed by atoms with van der Waals surface area (Å²) in [7, 11) is 5.25.